The molecule has 0 aromatic rings. The molecule has 0 aromatic carbocycles. The third-order valence-corrected chi connectivity index (χ3v) is 4.24. The highest BCUT2D eigenvalue weighted by molar-refractivity contribution is 6.37. The summed E-state index contributed by atoms with van der Waals surface area (Å²) in [5.41, 5.74) is 0. The highest BCUT2D eigenvalue weighted by atomic mass is 16.2. The quantitative estimate of drug-likeness (QED) is 0.741. The average Bonchev–Trinajstić information content (AvgIpc) is 2.43. The summed E-state index contributed by atoms with van der Waals surface area (Å²) in [5, 5.41) is 5.34. The lowest BCUT2D eigenvalue weighted by molar-refractivity contribution is -0.142. The highest BCUT2D eigenvalue weighted by Gasteiger charge is 2.34. The van der Waals surface area contributed by atoms with E-state index in [4.69, 9.17) is 0 Å². The molecule has 19 heavy (non-hydrogen) atoms. The van der Waals surface area contributed by atoms with Gasteiger partial charge in [0, 0.05) is 12.5 Å². The van der Waals surface area contributed by atoms with Crippen LogP contribution in [0.2, 0.25) is 0 Å². The fraction of sp³-hybridized carbons (Fsp3) is 0.786. The van der Waals surface area contributed by atoms with Crippen LogP contribution in [0.3, 0.4) is 0 Å². The number of ketones is 1. The topological polar surface area (TPSA) is 75.3 Å². The highest BCUT2D eigenvalue weighted by Crippen LogP contribution is 2.24. The Morgan fingerprint density at radius 3 is 2.47 bits per heavy atom. The predicted octanol–water partition coefficient (Wildman–Crippen LogP) is 0.777. The molecule has 2 amide bonds. The van der Waals surface area contributed by atoms with Gasteiger partial charge in [-0.05, 0) is 25.2 Å². The number of hydrogen-bond donors (Lipinski definition) is 2. The van der Waals surface area contributed by atoms with Crippen LogP contribution in [0.4, 0.5) is 0 Å². The molecule has 1 aliphatic carbocycles. The molecular weight excluding hydrogens is 244 g/mol. The Bertz CT molecular complexity index is 375. The maximum atomic E-state index is 12.0. The summed E-state index contributed by atoms with van der Waals surface area (Å²) >= 11 is 0. The van der Waals surface area contributed by atoms with Crippen molar-refractivity contribution in [2.24, 2.45) is 11.8 Å². The molecule has 0 bridgehead atoms. The largest absolute Gasteiger partial charge is 0.354 e. The van der Waals surface area contributed by atoms with Crippen molar-refractivity contribution in [1.29, 1.82) is 0 Å². The standard InChI is InChI=1S/C14H22N2O3/c1-9-7-8-15-13(18)11(9)16-14(19)12(17)10-5-3-2-4-6-10/h9-11H,2-8H2,1H3,(H,15,18)(H,16,19). The van der Waals surface area contributed by atoms with E-state index in [2.05, 4.69) is 10.6 Å². The number of hydrogen-bond acceptors (Lipinski definition) is 3. The molecule has 1 saturated heterocycles. The SMILES string of the molecule is CC1CCNC(=O)C1NC(=O)C(=O)C1CCCCC1. The Morgan fingerprint density at radius 1 is 1.16 bits per heavy atom. The number of amides is 2. The van der Waals surface area contributed by atoms with Gasteiger partial charge < -0.3 is 10.6 Å². The second-order valence-corrected chi connectivity index (χ2v) is 5.71. The van der Waals surface area contributed by atoms with Crippen LogP contribution < -0.4 is 10.6 Å². The van der Waals surface area contributed by atoms with E-state index in [9.17, 15) is 14.4 Å². The lowest BCUT2D eigenvalue weighted by Gasteiger charge is -2.29. The van der Waals surface area contributed by atoms with Crippen LogP contribution in [-0.4, -0.2) is 30.2 Å². The smallest absolute Gasteiger partial charge is 0.288 e. The number of piperidine rings is 1. The number of Topliss-reactive ketones (excluding diaryl/α,β-unsaturated/α-hetero) is 1. The Balaban J connectivity index is 1.92. The zero-order chi connectivity index (χ0) is 13.8. The molecule has 1 heterocycles. The van der Waals surface area contributed by atoms with Crippen molar-refractivity contribution < 1.29 is 14.4 Å². The molecule has 5 nitrogen and oxygen atoms in total. The van der Waals surface area contributed by atoms with E-state index < -0.39 is 11.9 Å². The van der Waals surface area contributed by atoms with Crippen molar-refractivity contribution >= 4 is 17.6 Å². The van der Waals surface area contributed by atoms with Gasteiger partial charge in [0.25, 0.3) is 5.91 Å². The third kappa shape index (κ3) is 3.33. The maximum absolute atomic E-state index is 12.0. The molecule has 0 radical (unpaired) electrons. The molecule has 106 valence electrons. The van der Waals surface area contributed by atoms with Gasteiger partial charge in [0.1, 0.15) is 6.04 Å². The summed E-state index contributed by atoms with van der Waals surface area (Å²) in [6.07, 6.45) is 5.62. The van der Waals surface area contributed by atoms with Crippen LogP contribution in [0.15, 0.2) is 0 Å². The molecule has 2 aliphatic rings. The van der Waals surface area contributed by atoms with Crippen molar-refractivity contribution in [3.63, 3.8) is 0 Å². The van der Waals surface area contributed by atoms with Gasteiger partial charge in [-0.15, -0.1) is 0 Å². The Hall–Kier alpha value is -1.39. The van der Waals surface area contributed by atoms with Gasteiger partial charge in [0.15, 0.2) is 0 Å². The molecule has 2 unspecified atom stereocenters. The number of rotatable bonds is 3. The van der Waals surface area contributed by atoms with E-state index in [1.165, 1.54) is 0 Å². The number of nitrogens with one attached hydrogen (secondary N) is 2. The van der Waals surface area contributed by atoms with Crippen molar-refractivity contribution in [2.75, 3.05) is 6.54 Å². The normalized spacial score (nSPS) is 28.6. The van der Waals surface area contributed by atoms with Gasteiger partial charge in [-0.3, -0.25) is 14.4 Å². The minimum Gasteiger partial charge on any atom is -0.354 e. The van der Waals surface area contributed by atoms with E-state index in [0.717, 1.165) is 38.5 Å². The molecule has 1 aliphatic heterocycles. The first-order valence-electron chi connectivity index (χ1n) is 7.22. The van der Waals surface area contributed by atoms with Crippen molar-refractivity contribution in [3.05, 3.63) is 0 Å². The lowest BCUT2D eigenvalue weighted by Crippen LogP contribution is -2.56. The van der Waals surface area contributed by atoms with Crippen molar-refractivity contribution in [3.8, 4) is 0 Å². The van der Waals surface area contributed by atoms with E-state index in [1.807, 2.05) is 6.92 Å². The third-order valence-electron chi connectivity index (χ3n) is 4.24. The maximum Gasteiger partial charge on any atom is 0.288 e. The molecule has 1 saturated carbocycles. The number of carbonyl (C=O) groups is 3. The molecule has 5 heteroatoms. The minimum atomic E-state index is -0.583. The van der Waals surface area contributed by atoms with Crippen LogP contribution in [0.1, 0.15) is 45.4 Å². The fourth-order valence-electron chi connectivity index (χ4n) is 2.93. The van der Waals surface area contributed by atoms with Gasteiger partial charge in [-0.2, -0.15) is 0 Å². The molecule has 0 spiro atoms. The zero-order valence-corrected chi connectivity index (χ0v) is 11.4. The zero-order valence-electron chi connectivity index (χ0n) is 11.4. The summed E-state index contributed by atoms with van der Waals surface area (Å²) in [4.78, 5) is 35.7. The van der Waals surface area contributed by atoms with Gasteiger partial charge in [-0.1, -0.05) is 26.2 Å². The van der Waals surface area contributed by atoms with Crippen molar-refractivity contribution in [1.82, 2.24) is 10.6 Å². The van der Waals surface area contributed by atoms with E-state index in [1.54, 1.807) is 0 Å². The van der Waals surface area contributed by atoms with Crippen LogP contribution >= 0.6 is 0 Å². The van der Waals surface area contributed by atoms with Crippen molar-refractivity contribution in [2.45, 2.75) is 51.5 Å². The predicted molar refractivity (Wildman–Crippen MR) is 70.3 cm³/mol. The number of carbonyl (C=O) groups excluding carboxylic acids is 3. The molecule has 2 fully saturated rings. The Morgan fingerprint density at radius 2 is 1.84 bits per heavy atom. The van der Waals surface area contributed by atoms with E-state index in [-0.39, 0.29) is 23.5 Å². The van der Waals surface area contributed by atoms with Gasteiger partial charge in [0.05, 0.1) is 0 Å². The first kappa shape index (κ1) is 14.0. The second-order valence-electron chi connectivity index (χ2n) is 5.71. The summed E-state index contributed by atoms with van der Waals surface area (Å²) < 4.78 is 0. The van der Waals surface area contributed by atoms with Crippen LogP contribution in [0, 0.1) is 11.8 Å². The van der Waals surface area contributed by atoms with E-state index in [0.29, 0.717) is 6.54 Å². The van der Waals surface area contributed by atoms with Crippen LogP contribution in [-0.2, 0) is 14.4 Å². The Kier molecular flexibility index (Phi) is 4.56. The molecule has 2 rings (SSSR count). The molecular formula is C14H22N2O3. The summed E-state index contributed by atoms with van der Waals surface area (Å²) in [5.74, 6) is -1.16. The minimum absolute atomic E-state index is 0.0804. The molecule has 0 aromatic heterocycles. The molecule has 2 atom stereocenters. The van der Waals surface area contributed by atoms with Gasteiger partial charge >= 0.3 is 0 Å². The summed E-state index contributed by atoms with van der Waals surface area (Å²) in [7, 11) is 0. The van der Waals surface area contributed by atoms with Gasteiger partial charge in [0.2, 0.25) is 11.7 Å². The lowest BCUT2D eigenvalue weighted by atomic mass is 9.85. The van der Waals surface area contributed by atoms with Crippen LogP contribution in [0.5, 0.6) is 0 Å². The van der Waals surface area contributed by atoms with Crippen LogP contribution in [0.25, 0.3) is 0 Å². The fourth-order valence-corrected chi connectivity index (χ4v) is 2.93. The van der Waals surface area contributed by atoms with Gasteiger partial charge in [-0.25, -0.2) is 0 Å². The summed E-state index contributed by atoms with van der Waals surface area (Å²) in [6, 6.07) is -0.561. The average molecular weight is 266 g/mol. The second kappa shape index (κ2) is 6.17. The molecule has 2 N–H and O–H groups in total. The Labute approximate surface area is 113 Å². The first-order valence-corrected chi connectivity index (χ1v) is 7.22. The van der Waals surface area contributed by atoms with E-state index >= 15 is 0 Å². The first-order chi connectivity index (χ1) is 9.09. The monoisotopic (exact) mass is 266 g/mol. The summed E-state index contributed by atoms with van der Waals surface area (Å²) in [6.45, 7) is 2.57.